The molecule has 0 atom stereocenters. The monoisotopic (exact) mass is 240 g/mol. The zero-order valence-electron chi connectivity index (χ0n) is 7.52. The Bertz CT molecular complexity index is 508. The molecule has 1 heterocycles. The second kappa shape index (κ2) is 4.04. The van der Waals surface area contributed by atoms with E-state index in [1.165, 1.54) is 10.9 Å². The van der Waals surface area contributed by atoms with Crippen molar-refractivity contribution in [2.24, 2.45) is 0 Å². The van der Waals surface area contributed by atoms with Crippen molar-refractivity contribution in [3.63, 3.8) is 0 Å². The summed E-state index contributed by atoms with van der Waals surface area (Å²) >= 11 is 11.8. The van der Waals surface area contributed by atoms with Crippen LogP contribution in [0.1, 0.15) is 10.4 Å². The molecule has 0 aliphatic carbocycles. The van der Waals surface area contributed by atoms with E-state index in [-0.39, 0.29) is 0 Å². The van der Waals surface area contributed by atoms with E-state index in [9.17, 15) is 4.79 Å². The van der Waals surface area contributed by atoms with Gasteiger partial charge in [-0.3, -0.25) is 4.79 Å². The minimum Gasteiger partial charge on any atom is -0.298 e. The first kappa shape index (κ1) is 10.2. The fourth-order valence-electron chi connectivity index (χ4n) is 1.19. The first-order valence-corrected chi connectivity index (χ1v) is 4.91. The van der Waals surface area contributed by atoms with Gasteiger partial charge in [0.15, 0.2) is 6.29 Å². The molecule has 2 aromatic rings. The Morgan fingerprint density at radius 1 is 1.33 bits per heavy atom. The van der Waals surface area contributed by atoms with E-state index in [1.54, 1.807) is 24.4 Å². The summed E-state index contributed by atoms with van der Waals surface area (Å²) in [6.07, 6.45) is 3.77. The third-order valence-electron chi connectivity index (χ3n) is 1.89. The van der Waals surface area contributed by atoms with E-state index in [4.69, 9.17) is 23.2 Å². The standard InChI is InChI=1S/C10H6Cl2N2O/c11-8-1-2-9(12)10(3-8)14-5-7(6-15)4-13-14/h1-6H. The molecule has 5 heteroatoms. The van der Waals surface area contributed by atoms with Crippen molar-refractivity contribution in [1.82, 2.24) is 9.78 Å². The molecule has 0 aliphatic heterocycles. The number of halogens is 2. The van der Waals surface area contributed by atoms with Crippen molar-refractivity contribution in [3.05, 3.63) is 46.2 Å². The molecule has 0 fully saturated rings. The molecule has 15 heavy (non-hydrogen) atoms. The fraction of sp³-hybridized carbons (Fsp3) is 0. The maximum Gasteiger partial charge on any atom is 0.153 e. The van der Waals surface area contributed by atoms with Crippen LogP contribution in [0.5, 0.6) is 0 Å². The first-order valence-electron chi connectivity index (χ1n) is 4.16. The average molecular weight is 241 g/mol. The normalized spacial score (nSPS) is 10.3. The number of hydrogen-bond donors (Lipinski definition) is 0. The summed E-state index contributed by atoms with van der Waals surface area (Å²) in [5, 5.41) is 5.10. The summed E-state index contributed by atoms with van der Waals surface area (Å²) in [4.78, 5) is 10.5. The summed E-state index contributed by atoms with van der Waals surface area (Å²) in [6, 6.07) is 5.06. The van der Waals surface area contributed by atoms with Crippen LogP contribution >= 0.6 is 23.2 Å². The van der Waals surface area contributed by atoms with Gasteiger partial charge in [-0.25, -0.2) is 4.68 Å². The van der Waals surface area contributed by atoms with E-state index in [1.807, 2.05) is 0 Å². The molecule has 0 saturated carbocycles. The smallest absolute Gasteiger partial charge is 0.153 e. The number of hydrogen-bond acceptors (Lipinski definition) is 2. The number of nitrogens with zero attached hydrogens (tertiary/aromatic N) is 2. The van der Waals surface area contributed by atoms with Crippen molar-refractivity contribution < 1.29 is 4.79 Å². The van der Waals surface area contributed by atoms with Crippen LogP contribution in [-0.4, -0.2) is 16.1 Å². The molecule has 0 radical (unpaired) electrons. The van der Waals surface area contributed by atoms with Crippen LogP contribution in [0.3, 0.4) is 0 Å². The summed E-state index contributed by atoms with van der Waals surface area (Å²) in [7, 11) is 0. The number of aldehydes is 1. The van der Waals surface area contributed by atoms with Gasteiger partial charge in [0, 0.05) is 11.2 Å². The van der Waals surface area contributed by atoms with Gasteiger partial charge in [-0.2, -0.15) is 5.10 Å². The largest absolute Gasteiger partial charge is 0.298 e. The van der Waals surface area contributed by atoms with Crippen molar-refractivity contribution in [2.45, 2.75) is 0 Å². The molecule has 0 bridgehead atoms. The minimum absolute atomic E-state index is 0.492. The summed E-state index contributed by atoms with van der Waals surface area (Å²) in [5.41, 5.74) is 1.14. The van der Waals surface area contributed by atoms with Gasteiger partial charge in [0.2, 0.25) is 0 Å². The molecule has 76 valence electrons. The molecular weight excluding hydrogens is 235 g/mol. The predicted molar refractivity (Wildman–Crippen MR) is 59.0 cm³/mol. The van der Waals surface area contributed by atoms with Gasteiger partial charge >= 0.3 is 0 Å². The third kappa shape index (κ3) is 2.03. The average Bonchev–Trinajstić information content (AvgIpc) is 2.70. The summed E-state index contributed by atoms with van der Waals surface area (Å²) in [5.74, 6) is 0. The highest BCUT2D eigenvalue weighted by Gasteiger charge is 2.05. The van der Waals surface area contributed by atoms with Crippen LogP contribution in [0.4, 0.5) is 0 Å². The van der Waals surface area contributed by atoms with Crippen LogP contribution in [0.25, 0.3) is 5.69 Å². The molecule has 0 saturated heterocycles. The van der Waals surface area contributed by atoms with Gasteiger partial charge in [-0.1, -0.05) is 23.2 Å². The molecule has 3 nitrogen and oxygen atoms in total. The SMILES string of the molecule is O=Cc1cnn(-c2cc(Cl)ccc2Cl)c1. The van der Waals surface area contributed by atoms with Crippen LogP contribution < -0.4 is 0 Å². The van der Waals surface area contributed by atoms with Crippen LogP contribution in [0.2, 0.25) is 10.0 Å². The van der Waals surface area contributed by atoms with E-state index in [0.29, 0.717) is 21.3 Å². The Morgan fingerprint density at radius 3 is 2.80 bits per heavy atom. The Balaban J connectivity index is 2.52. The Morgan fingerprint density at radius 2 is 2.13 bits per heavy atom. The summed E-state index contributed by atoms with van der Waals surface area (Å²) < 4.78 is 1.51. The summed E-state index contributed by atoms with van der Waals surface area (Å²) in [6.45, 7) is 0. The van der Waals surface area contributed by atoms with Gasteiger partial charge in [0.1, 0.15) is 0 Å². The Hall–Kier alpha value is -1.32. The van der Waals surface area contributed by atoms with Crippen molar-refractivity contribution in [2.75, 3.05) is 0 Å². The maximum atomic E-state index is 10.5. The van der Waals surface area contributed by atoms with Gasteiger partial charge in [-0.15, -0.1) is 0 Å². The van der Waals surface area contributed by atoms with Gasteiger partial charge in [0.05, 0.1) is 22.5 Å². The van der Waals surface area contributed by atoms with Crippen molar-refractivity contribution in [3.8, 4) is 5.69 Å². The number of aromatic nitrogens is 2. The molecule has 0 N–H and O–H groups in total. The van der Waals surface area contributed by atoms with E-state index >= 15 is 0 Å². The lowest BCUT2D eigenvalue weighted by Gasteiger charge is -2.03. The lowest BCUT2D eigenvalue weighted by atomic mass is 10.3. The topological polar surface area (TPSA) is 34.9 Å². The van der Waals surface area contributed by atoms with E-state index in [0.717, 1.165) is 6.29 Å². The predicted octanol–water partition coefficient (Wildman–Crippen LogP) is 2.99. The molecule has 1 aromatic carbocycles. The molecule has 2 rings (SSSR count). The van der Waals surface area contributed by atoms with E-state index in [2.05, 4.69) is 5.10 Å². The third-order valence-corrected chi connectivity index (χ3v) is 2.45. The van der Waals surface area contributed by atoms with Crippen LogP contribution in [0, 0.1) is 0 Å². The Labute approximate surface area is 96.2 Å². The highest BCUT2D eigenvalue weighted by atomic mass is 35.5. The van der Waals surface area contributed by atoms with E-state index < -0.39 is 0 Å². The molecule has 0 aliphatic rings. The van der Waals surface area contributed by atoms with Crippen LogP contribution in [-0.2, 0) is 0 Å². The number of carbonyl (C=O) groups excluding carboxylic acids is 1. The number of carbonyl (C=O) groups is 1. The maximum absolute atomic E-state index is 10.5. The molecule has 0 amide bonds. The molecule has 1 aromatic heterocycles. The van der Waals surface area contributed by atoms with Gasteiger partial charge in [-0.05, 0) is 18.2 Å². The highest BCUT2D eigenvalue weighted by molar-refractivity contribution is 6.34. The Kier molecular flexibility index (Phi) is 2.75. The second-order valence-corrected chi connectivity index (χ2v) is 3.78. The fourth-order valence-corrected chi connectivity index (χ4v) is 1.56. The molecular formula is C10H6Cl2N2O. The zero-order valence-corrected chi connectivity index (χ0v) is 9.03. The first-order chi connectivity index (χ1) is 7.20. The quantitative estimate of drug-likeness (QED) is 0.757. The van der Waals surface area contributed by atoms with Gasteiger partial charge < -0.3 is 0 Å². The zero-order chi connectivity index (χ0) is 10.8. The van der Waals surface area contributed by atoms with Crippen LogP contribution in [0.15, 0.2) is 30.6 Å². The number of benzene rings is 1. The number of rotatable bonds is 2. The lowest BCUT2D eigenvalue weighted by molar-refractivity contribution is 0.112. The molecule has 0 spiro atoms. The minimum atomic E-state index is 0.492. The van der Waals surface area contributed by atoms with Gasteiger partial charge in [0.25, 0.3) is 0 Å². The lowest BCUT2D eigenvalue weighted by Crippen LogP contribution is -1.94. The molecule has 0 unspecified atom stereocenters. The second-order valence-electron chi connectivity index (χ2n) is 2.93. The van der Waals surface area contributed by atoms with Crippen molar-refractivity contribution in [1.29, 1.82) is 0 Å². The van der Waals surface area contributed by atoms with Crippen molar-refractivity contribution >= 4 is 29.5 Å². The highest BCUT2D eigenvalue weighted by Crippen LogP contribution is 2.23.